The molecular weight excluding hydrogens is 306 g/mol. The third-order valence-electron chi connectivity index (χ3n) is 4.20. The largest absolute Gasteiger partial charge is 0.394 e. The van der Waals surface area contributed by atoms with E-state index in [1.54, 1.807) is 12.1 Å². The van der Waals surface area contributed by atoms with Crippen molar-refractivity contribution < 1.29 is 34.4 Å². The SMILES string of the molecule is COC1O[C@H](CO)[C@@H](O)[C@H](O)[C@H]1N1C(=O)c2ccccc2C1=O. The zero-order chi connectivity index (χ0) is 16.7. The quantitative estimate of drug-likeness (QED) is 0.594. The Labute approximate surface area is 131 Å². The molecular formula is C15H17NO7. The first kappa shape index (κ1) is 16.0. The van der Waals surface area contributed by atoms with Crippen LogP contribution in [0, 0.1) is 0 Å². The molecule has 8 nitrogen and oxygen atoms in total. The van der Waals surface area contributed by atoms with Gasteiger partial charge in [0, 0.05) is 7.11 Å². The van der Waals surface area contributed by atoms with Crippen LogP contribution in [0.25, 0.3) is 0 Å². The summed E-state index contributed by atoms with van der Waals surface area (Å²) in [6.07, 6.45) is -5.19. The van der Waals surface area contributed by atoms with E-state index in [2.05, 4.69) is 0 Å². The third kappa shape index (κ3) is 2.35. The average Bonchev–Trinajstić information content (AvgIpc) is 2.82. The first-order valence-corrected chi connectivity index (χ1v) is 7.13. The number of aliphatic hydroxyl groups excluding tert-OH is 3. The van der Waals surface area contributed by atoms with Crippen LogP contribution in [0.15, 0.2) is 24.3 Å². The van der Waals surface area contributed by atoms with Gasteiger partial charge >= 0.3 is 0 Å². The Bertz CT molecular complexity index is 597. The van der Waals surface area contributed by atoms with Crippen molar-refractivity contribution in [2.24, 2.45) is 0 Å². The predicted molar refractivity (Wildman–Crippen MR) is 75.5 cm³/mol. The molecule has 1 fully saturated rings. The molecule has 0 aromatic heterocycles. The Kier molecular flexibility index (Phi) is 4.17. The number of rotatable bonds is 3. The van der Waals surface area contributed by atoms with Gasteiger partial charge in [-0.3, -0.25) is 14.5 Å². The van der Waals surface area contributed by atoms with E-state index < -0.39 is 49.1 Å². The summed E-state index contributed by atoms with van der Waals surface area (Å²) in [6, 6.07) is 5.07. The summed E-state index contributed by atoms with van der Waals surface area (Å²) < 4.78 is 10.5. The minimum Gasteiger partial charge on any atom is -0.394 e. The molecule has 0 saturated carbocycles. The molecule has 0 bridgehead atoms. The first-order chi connectivity index (χ1) is 11.0. The summed E-state index contributed by atoms with van der Waals surface area (Å²) in [5.41, 5.74) is 0.441. The van der Waals surface area contributed by atoms with Gasteiger partial charge in [0.15, 0.2) is 6.29 Å². The van der Waals surface area contributed by atoms with E-state index >= 15 is 0 Å². The minimum absolute atomic E-state index is 0.221. The number of nitrogens with zero attached hydrogens (tertiary/aromatic N) is 1. The van der Waals surface area contributed by atoms with Gasteiger partial charge in [-0.15, -0.1) is 0 Å². The van der Waals surface area contributed by atoms with Crippen LogP contribution in [-0.4, -0.2) is 76.4 Å². The summed E-state index contributed by atoms with van der Waals surface area (Å²) in [5, 5.41) is 29.6. The van der Waals surface area contributed by atoms with E-state index in [-0.39, 0.29) is 11.1 Å². The van der Waals surface area contributed by atoms with Crippen LogP contribution in [0.5, 0.6) is 0 Å². The molecule has 3 N–H and O–H groups in total. The Morgan fingerprint density at radius 3 is 2.17 bits per heavy atom. The standard InChI is InChI=1S/C15H17NO7/c1-22-15-10(12(19)11(18)9(6-17)23-15)16-13(20)7-4-2-3-5-8(7)14(16)21/h2-5,9-12,15,17-19H,6H2,1H3/t9-,10-,11-,12-,15?/m1/s1. The molecule has 2 aliphatic rings. The summed E-state index contributed by atoms with van der Waals surface area (Å²) in [4.78, 5) is 25.9. The molecule has 5 atom stereocenters. The van der Waals surface area contributed by atoms with Crippen LogP contribution in [0.2, 0.25) is 0 Å². The smallest absolute Gasteiger partial charge is 0.262 e. The lowest BCUT2D eigenvalue weighted by Crippen LogP contribution is -2.65. The van der Waals surface area contributed by atoms with Gasteiger partial charge < -0.3 is 24.8 Å². The Morgan fingerprint density at radius 2 is 1.70 bits per heavy atom. The van der Waals surface area contributed by atoms with Crippen molar-refractivity contribution in [2.45, 2.75) is 30.6 Å². The molecule has 1 unspecified atom stereocenters. The molecule has 1 saturated heterocycles. The highest BCUT2D eigenvalue weighted by molar-refractivity contribution is 6.21. The molecule has 0 spiro atoms. The monoisotopic (exact) mass is 323 g/mol. The van der Waals surface area contributed by atoms with Gasteiger partial charge in [-0.1, -0.05) is 12.1 Å². The molecule has 23 heavy (non-hydrogen) atoms. The highest BCUT2D eigenvalue weighted by atomic mass is 16.7. The number of hydrogen-bond donors (Lipinski definition) is 3. The highest BCUT2D eigenvalue weighted by Gasteiger charge is 2.52. The number of aliphatic hydroxyl groups is 3. The zero-order valence-corrected chi connectivity index (χ0v) is 12.3. The average molecular weight is 323 g/mol. The van der Waals surface area contributed by atoms with Gasteiger partial charge in [-0.2, -0.15) is 0 Å². The molecule has 124 valence electrons. The van der Waals surface area contributed by atoms with Crippen LogP contribution in [0.1, 0.15) is 20.7 Å². The van der Waals surface area contributed by atoms with E-state index in [0.717, 1.165) is 4.90 Å². The Balaban J connectivity index is 1.97. The van der Waals surface area contributed by atoms with Gasteiger partial charge in [0.25, 0.3) is 11.8 Å². The molecule has 3 rings (SSSR count). The van der Waals surface area contributed by atoms with Crippen molar-refractivity contribution in [3.8, 4) is 0 Å². The summed E-state index contributed by atoms with van der Waals surface area (Å²) in [5.74, 6) is -1.18. The topological polar surface area (TPSA) is 117 Å². The van der Waals surface area contributed by atoms with Gasteiger partial charge in [-0.25, -0.2) is 0 Å². The molecule has 1 aromatic rings. The molecule has 0 aliphatic carbocycles. The number of fused-ring (bicyclic) bond motifs is 1. The van der Waals surface area contributed by atoms with Crippen LogP contribution in [0.4, 0.5) is 0 Å². The van der Waals surface area contributed by atoms with Gasteiger partial charge in [0.05, 0.1) is 17.7 Å². The third-order valence-corrected chi connectivity index (χ3v) is 4.20. The molecule has 2 heterocycles. The highest BCUT2D eigenvalue weighted by Crippen LogP contribution is 2.32. The number of carbonyl (C=O) groups is 2. The van der Waals surface area contributed by atoms with E-state index in [1.807, 2.05) is 0 Å². The predicted octanol–water partition coefficient (Wildman–Crippen LogP) is -1.26. The maximum atomic E-state index is 12.5. The minimum atomic E-state index is -1.51. The van der Waals surface area contributed by atoms with Crippen LogP contribution in [-0.2, 0) is 9.47 Å². The number of amides is 2. The van der Waals surface area contributed by atoms with E-state index in [1.165, 1.54) is 19.2 Å². The molecule has 0 radical (unpaired) electrons. The maximum Gasteiger partial charge on any atom is 0.262 e. The second-order valence-electron chi connectivity index (χ2n) is 5.46. The maximum absolute atomic E-state index is 12.5. The molecule has 2 aliphatic heterocycles. The van der Waals surface area contributed by atoms with Crippen molar-refractivity contribution in [3.63, 3.8) is 0 Å². The van der Waals surface area contributed by atoms with Gasteiger partial charge in [0.1, 0.15) is 24.4 Å². The van der Waals surface area contributed by atoms with Crippen molar-refractivity contribution in [1.29, 1.82) is 0 Å². The Morgan fingerprint density at radius 1 is 1.13 bits per heavy atom. The van der Waals surface area contributed by atoms with Crippen molar-refractivity contribution in [3.05, 3.63) is 35.4 Å². The zero-order valence-electron chi connectivity index (χ0n) is 12.3. The number of ether oxygens (including phenoxy) is 2. The lowest BCUT2D eigenvalue weighted by molar-refractivity contribution is -0.272. The fourth-order valence-corrected chi connectivity index (χ4v) is 3.02. The molecule has 2 amide bonds. The number of methoxy groups -OCH3 is 1. The van der Waals surface area contributed by atoms with Crippen LogP contribution in [0.3, 0.4) is 0 Å². The van der Waals surface area contributed by atoms with Gasteiger partial charge in [-0.05, 0) is 12.1 Å². The van der Waals surface area contributed by atoms with E-state index in [4.69, 9.17) is 9.47 Å². The lowest BCUT2D eigenvalue weighted by Gasteiger charge is -2.44. The van der Waals surface area contributed by atoms with E-state index in [9.17, 15) is 24.9 Å². The summed E-state index contributed by atoms with van der Waals surface area (Å²) in [7, 11) is 1.29. The second kappa shape index (κ2) is 5.99. The fraction of sp³-hybridized carbons (Fsp3) is 0.467. The number of benzene rings is 1. The number of hydrogen-bond acceptors (Lipinski definition) is 7. The van der Waals surface area contributed by atoms with Gasteiger partial charge in [0.2, 0.25) is 0 Å². The van der Waals surface area contributed by atoms with Crippen molar-refractivity contribution in [2.75, 3.05) is 13.7 Å². The normalized spacial score (nSPS) is 33.9. The van der Waals surface area contributed by atoms with Crippen molar-refractivity contribution >= 4 is 11.8 Å². The Hall–Kier alpha value is -1.84. The van der Waals surface area contributed by atoms with Crippen molar-refractivity contribution in [1.82, 2.24) is 4.90 Å². The number of imide groups is 1. The molecule has 1 aromatic carbocycles. The lowest BCUT2D eigenvalue weighted by atomic mass is 9.95. The fourth-order valence-electron chi connectivity index (χ4n) is 3.02. The van der Waals surface area contributed by atoms with E-state index in [0.29, 0.717) is 0 Å². The number of carbonyl (C=O) groups excluding carboxylic acids is 2. The first-order valence-electron chi connectivity index (χ1n) is 7.13. The summed E-state index contributed by atoms with van der Waals surface area (Å²) >= 11 is 0. The van der Waals surface area contributed by atoms with Crippen LogP contribution >= 0.6 is 0 Å². The van der Waals surface area contributed by atoms with Crippen LogP contribution < -0.4 is 0 Å². The second-order valence-corrected chi connectivity index (χ2v) is 5.46. The summed E-state index contributed by atoms with van der Waals surface area (Å²) in [6.45, 7) is -0.535. The molecule has 8 heteroatoms.